The number of nitrogens with zero attached hydrogens (tertiary/aromatic N) is 1. The zero-order valence-electron chi connectivity index (χ0n) is 9.05. The Hall–Kier alpha value is -1.94. The number of hydrogen-bond acceptors (Lipinski definition) is 4. The predicted molar refractivity (Wildman–Crippen MR) is 65.1 cm³/mol. The molecule has 0 saturated heterocycles. The van der Waals surface area contributed by atoms with E-state index in [1.807, 2.05) is 6.07 Å². The summed E-state index contributed by atoms with van der Waals surface area (Å²) in [7, 11) is 1.56. The molecule has 2 aromatic rings. The van der Waals surface area contributed by atoms with Crippen molar-refractivity contribution in [2.75, 3.05) is 7.11 Å². The fourth-order valence-corrected chi connectivity index (χ4v) is 1.71. The van der Waals surface area contributed by atoms with E-state index in [4.69, 9.17) is 26.0 Å². The Morgan fingerprint density at radius 1 is 1.35 bits per heavy atom. The molecule has 0 radical (unpaired) electrons. The predicted octanol–water partition coefficient (Wildman–Crippen LogP) is 3.42. The van der Waals surface area contributed by atoms with Gasteiger partial charge in [-0.1, -0.05) is 16.8 Å². The normalized spacial score (nSPS) is 10.9. The molecule has 0 spiro atoms. The first-order valence-electron chi connectivity index (χ1n) is 4.86. The molecule has 0 unspecified atom stereocenters. The van der Waals surface area contributed by atoms with Crippen LogP contribution in [-0.2, 0) is 0 Å². The molecule has 2 rings (SSSR count). The largest absolute Gasteiger partial charge is 0.495 e. The maximum absolute atomic E-state index is 8.38. The van der Waals surface area contributed by atoms with Gasteiger partial charge in [0, 0.05) is 5.56 Å². The van der Waals surface area contributed by atoms with Gasteiger partial charge >= 0.3 is 0 Å². The summed E-state index contributed by atoms with van der Waals surface area (Å²) >= 11 is 6.01. The summed E-state index contributed by atoms with van der Waals surface area (Å²) in [6.07, 6.45) is 1.22. The van der Waals surface area contributed by atoms with Crippen LogP contribution >= 0.6 is 11.6 Å². The van der Waals surface area contributed by atoms with Gasteiger partial charge in [-0.15, -0.1) is 0 Å². The van der Waals surface area contributed by atoms with Crippen molar-refractivity contribution >= 4 is 17.8 Å². The van der Waals surface area contributed by atoms with E-state index in [1.54, 1.807) is 31.4 Å². The number of ether oxygens (including phenoxy) is 1. The number of oxime groups is 1. The van der Waals surface area contributed by atoms with Gasteiger partial charge in [-0.3, -0.25) is 0 Å². The summed E-state index contributed by atoms with van der Waals surface area (Å²) in [6, 6.07) is 8.82. The highest BCUT2D eigenvalue weighted by Crippen LogP contribution is 2.30. The third kappa shape index (κ3) is 2.42. The molecule has 1 N–H and O–H groups in total. The second kappa shape index (κ2) is 4.93. The molecule has 1 aromatic carbocycles. The molecule has 0 aliphatic carbocycles. The quantitative estimate of drug-likeness (QED) is 0.517. The number of methoxy groups -OCH3 is 1. The second-order valence-corrected chi connectivity index (χ2v) is 3.70. The van der Waals surface area contributed by atoms with E-state index in [0.29, 0.717) is 22.3 Å². The summed E-state index contributed by atoms with van der Waals surface area (Å²) < 4.78 is 10.5. The first-order valence-corrected chi connectivity index (χ1v) is 5.23. The molecule has 0 aliphatic heterocycles. The highest BCUT2D eigenvalue weighted by Gasteiger charge is 2.07. The molecular weight excluding hydrogens is 242 g/mol. The zero-order valence-corrected chi connectivity index (χ0v) is 9.81. The Balaban J connectivity index is 2.35. The van der Waals surface area contributed by atoms with E-state index in [9.17, 15) is 0 Å². The van der Waals surface area contributed by atoms with Crippen molar-refractivity contribution in [3.63, 3.8) is 0 Å². The summed E-state index contributed by atoms with van der Waals surface area (Å²) in [5.41, 5.74) is 0.827. The van der Waals surface area contributed by atoms with Gasteiger partial charge in [-0.2, -0.15) is 0 Å². The molecule has 17 heavy (non-hydrogen) atoms. The Bertz CT molecular complexity index is 548. The van der Waals surface area contributed by atoms with E-state index in [-0.39, 0.29) is 0 Å². The number of halogens is 1. The topological polar surface area (TPSA) is 55.0 Å². The standard InChI is InChI=1S/C12H10ClNO3/c1-16-12-4-2-8(6-10(12)13)11-5-3-9(17-11)7-14-15/h2-7,15H,1H3. The van der Waals surface area contributed by atoms with E-state index in [2.05, 4.69) is 5.16 Å². The first-order chi connectivity index (χ1) is 8.24. The van der Waals surface area contributed by atoms with Gasteiger partial charge in [0.1, 0.15) is 23.5 Å². The number of furan rings is 1. The summed E-state index contributed by atoms with van der Waals surface area (Å²) in [5, 5.41) is 11.8. The van der Waals surface area contributed by atoms with Crippen LogP contribution < -0.4 is 4.74 Å². The molecule has 1 heterocycles. The molecule has 0 bridgehead atoms. The highest BCUT2D eigenvalue weighted by molar-refractivity contribution is 6.32. The zero-order chi connectivity index (χ0) is 12.3. The lowest BCUT2D eigenvalue weighted by molar-refractivity contribution is 0.321. The molecule has 0 atom stereocenters. The maximum atomic E-state index is 8.38. The maximum Gasteiger partial charge on any atom is 0.149 e. The molecule has 5 heteroatoms. The van der Waals surface area contributed by atoms with E-state index in [1.165, 1.54) is 6.21 Å². The monoisotopic (exact) mass is 251 g/mol. The minimum absolute atomic E-state index is 0.467. The van der Waals surface area contributed by atoms with Gasteiger partial charge in [0.05, 0.1) is 12.1 Å². The van der Waals surface area contributed by atoms with Gasteiger partial charge < -0.3 is 14.4 Å². The Morgan fingerprint density at radius 3 is 2.82 bits per heavy atom. The van der Waals surface area contributed by atoms with Crippen LogP contribution in [0.25, 0.3) is 11.3 Å². The number of benzene rings is 1. The van der Waals surface area contributed by atoms with Crippen LogP contribution in [0.3, 0.4) is 0 Å². The molecule has 0 amide bonds. The van der Waals surface area contributed by atoms with Gasteiger partial charge in [0.2, 0.25) is 0 Å². The van der Waals surface area contributed by atoms with Crippen LogP contribution in [0.1, 0.15) is 5.76 Å². The minimum atomic E-state index is 0.467. The average Bonchev–Trinajstić information content (AvgIpc) is 2.78. The average molecular weight is 252 g/mol. The summed E-state index contributed by atoms with van der Waals surface area (Å²) in [6.45, 7) is 0. The van der Waals surface area contributed by atoms with Crippen molar-refractivity contribution < 1.29 is 14.4 Å². The molecule has 88 valence electrons. The fraction of sp³-hybridized carbons (Fsp3) is 0.0833. The number of hydrogen-bond donors (Lipinski definition) is 1. The van der Waals surface area contributed by atoms with Gasteiger partial charge in [0.15, 0.2) is 0 Å². The van der Waals surface area contributed by atoms with Crippen LogP contribution in [0.4, 0.5) is 0 Å². The summed E-state index contributed by atoms with van der Waals surface area (Å²) in [4.78, 5) is 0. The van der Waals surface area contributed by atoms with Crippen LogP contribution in [-0.4, -0.2) is 18.5 Å². The number of rotatable bonds is 3. The molecule has 0 fully saturated rings. The highest BCUT2D eigenvalue weighted by atomic mass is 35.5. The van der Waals surface area contributed by atoms with Crippen LogP contribution in [0, 0.1) is 0 Å². The van der Waals surface area contributed by atoms with Crippen molar-refractivity contribution in [1.29, 1.82) is 0 Å². The smallest absolute Gasteiger partial charge is 0.149 e. The molecule has 4 nitrogen and oxygen atoms in total. The van der Waals surface area contributed by atoms with Gasteiger partial charge in [-0.25, -0.2) is 0 Å². The molecular formula is C12H10ClNO3. The van der Waals surface area contributed by atoms with Crippen LogP contribution in [0.5, 0.6) is 5.75 Å². The van der Waals surface area contributed by atoms with Crippen molar-refractivity contribution in [2.45, 2.75) is 0 Å². The Kier molecular flexibility index (Phi) is 3.35. The van der Waals surface area contributed by atoms with Crippen molar-refractivity contribution in [3.05, 3.63) is 41.1 Å². The van der Waals surface area contributed by atoms with Gasteiger partial charge in [-0.05, 0) is 30.3 Å². The Morgan fingerprint density at radius 2 is 2.18 bits per heavy atom. The molecule has 0 saturated carbocycles. The fourth-order valence-electron chi connectivity index (χ4n) is 1.45. The third-order valence-corrected chi connectivity index (χ3v) is 2.54. The van der Waals surface area contributed by atoms with Crippen LogP contribution in [0.15, 0.2) is 39.9 Å². The summed E-state index contributed by atoms with van der Waals surface area (Å²) in [5.74, 6) is 1.72. The second-order valence-electron chi connectivity index (χ2n) is 3.30. The molecule has 0 aliphatic rings. The lowest BCUT2D eigenvalue weighted by Crippen LogP contribution is -1.84. The van der Waals surface area contributed by atoms with Crippen molar-refractivity contribution in [2.24, 2.45) is 5.16 Å². The van der Waals surface area contributed by atoms with Crippen molar-refractivity contribution in [3.8, 4) is 17.1 Å². The van der Waals surface area contributed by atoms with Crippen molar-refractivity contribution in [1.82, 2.24) is 0 Å². The van der Waals surface area contributed by atoms with Crippen LogP contribution in [0.2, 0.25) is 5.02 Å². The lowest BCUT2D eigenvalue weighted by Gasteiger charge is -2.03. The first kappa shape index (κ1) is 11.5. The lowest BCUT2D eigenvalue weighted by atomic mass is 10.2. The van der Waals surface area contributed by atoms with E-state index in [0.717, 1.165) is 5.56 Å². The SMILES string of the molecule is COc1ccc(-c2ccc(C=NO)o2)cc1Cl. The van der Waals surface area contributed by atoms with Gasteiger partial charge in [0.25, 0.3) is 0 Å². The minimum Gasteiger partial charge on any atom is -0.495 e. The molecule has 1 aromatic heterocycles. The van der Waals surface area contributed by atoms with E-state index < -0.39 is 0 Å². The Labute approximate surface area is 103 Å². The third-order valence-electron chi connectivity index (χ3n) is 2.25. The van der Waals surface area contributed by atoms with E-state index >= 15 is 0 Å².